The van der Waals surface area contributed by atoms with Crippen LogP contribution in [0.3, 0.4) is 0 Å². The summed E-state index contributed by atoms with van der Waals surface area (Å²) in [6.45, 7) is 2.28. The molecule has 0 aliphatic rings. The summed E-state index contributed by atoms with van der Waals surface area (Å²) in [7, 11) is 0. The molecule has 3 heteroatoms. The average Bonchev–Trinajstić information content (AvgIpc) is 2.56. The number of hydrogen-bond acceptors (Lipinski definition) is 1. The Morgan fingerprint density at radius 1 is 0.560 bits per heavy atom. The summed E-state index contributed by atoms with van der Waals surface area (Å²) in [6, 6.07) is 0. The molecular formula is C22H45LiO2. The molecule has 0 rings (SSSR count). The van der Waals surface area contributed by atoms with Crippen LogP contribution in [0.2, 0.25) is 0 Å². The fraction of sp³-hybridized carbons (Fsp3) is 0.955. The van der Waals surface area contributed by atoms with E-state index < -0.39 is 5.97 Å². The third-order valence-electron chi connectivity index (χ3n) is 4.99. The SMILES string of the molecule is CCCCCCCCCCCCCCCCCCCCCC(=O)O.[H-].[Li+]. The van der Waals surface area contributed by atoms with Crippen LogP contribution < -0.4 is 18.9 Å². The van der Waals surface area contributed by atoms with Crippen LogP contribution in [0.5, 0.6) is 0 Å². The Morgan fingerprint density at radius 2 is 0.800 bits per heavy atom. The number of rotatable bonds is 20. The molecule has 0 fully saturated rings. The van der Waals surface area contributed by atoms with Gasteiger partial charge in [0.05, 0.1) is 0 Å². The largest absolute Gasteiger partial charge is 1.00 e. The van der Waals surface area contributed by atoms with E-state index in [2.05, 4.69) is 6.92 Å². The van der Waals surface area contributed by atoms with Gasteiger partial charge < -0.3 is 6.53 Å². The maximum atomic E-state index is 10.4. The second-order valence-corrected chi connectivity index (χ2v) is 7.51. The van der Waals surface area contributed by atoms with Crippen molar-refractivity contribution in [1.82, 2.24) is 0 Å². The normalized spacial score (nSPS) is 10.6. The van der Waals surface area contributed by atoms with E-state index in [1.54, 1.807) is 0 Å². The van der Waals surface area contributed by atoms with E-state index >= 15 is 0 Å². The molecule has 0 atom stereocenters. The average molecular weight is 349 g/mol. The summed E-state index contributed by atoms with van der Waals surface area (Å²) < 4.78 is 0. The molecule has 0 spiro atoms. The smallest absolute Gasteiger partial charge is 1.00 e. The van der Waals surface area contributed by atoms with Crippen LogP contribution in [0.15, 0.2) is 0 Å². The van der Waals surface area contributed by atoms with Gasteiger partial charge in [-0.1, -0.05) is 122 Å². The summed E-state index contributed by atoms with van der Waals surface area (Å²) in [5, 5.41) is 8.56. The molecule has 0 unspecified atom stereocenters. The fourth-order valence-corrected chi connectivity index (χ4v) is 3.35. The van der Waals surface area contributed by atoms with Crippen LogP contribution in [0.1, 0.15) is 137 Å². The molecule has 25 heavy (non-hydrogen) atoms. The van der Waals surface area contributed by atoms with Crippen LogP contribution in [0.4, 0.5) is 0 Å². The van der Waals surface area contributed by atoms with Crippen molar-refractivity contribution in [2.45, 2.75) is 135 Å². The van der Waals surface area contributed by atoms with Crippen molar-refractivity contribution in [1.29, 1.82) is 0 Å². The van der Waals surface area contributed by atoms with Crippen LogP contribution in [-0.2, 0) is 4.79 Å². The quantitative estimate of drug-likeness (QED) is 0.248. The van der Waals surface area contributed by atoms with Gasteiger partial charge in [0.25, 0.3) is 0 Å². The Kier molecular flexibility index (Phi) is 26.3. The standard InChI is InChI=1S/C22H44O2.Li.H/c1-2-3-4-5-6-7-8-9-10-11-12-13-14-15-16-17-18-19-20-21-22(23)24;;/h2-21H2,1H3,(H,23,24);;/q;+1;-1. The van der Waals surface area contributed by atoms with E-state index in [-0.39, 0.29) is 20.3 Å². The molecule has 0 radical (unpaired) electrons. The Balaban J connectivity index is -0.00000264. The zero-order valence-corrected chi connectivity index (χ0v) is 17.5. The molecular weight excluding hydrogens is 303 g/mol. The number of carboxylic acids is 1. The minimum absolute atomic E-state index is 0. The summed E-state index contributed by atoms with van der Waals surface area (Å²) >= 11 is 0. The minimum atomic E-state index is -0.651. The molecule has 0 amide bonds. The maximum Gasteiger partial charge on any atom is 1.00 e. The Bertz CT molecular complexity index is 263. The van der Waals surface area contributed by atoms with Gasteiger partial charge in [-0.15, -0.1) is 0 Å². The minimum Gasteiger partial charge on any atom is -1.00 e. The van der Waals surface area contributed by atoms with Crippen molar-refractivity contribution in [2.24, 2.45) is 0 Å². The van der Waals surface area contributed by atoms with E-state index in [0.717, 1.165) is 12.8 Å². The summed E-state index contributed by atoms with van der Waals surface area (Å²) in [4.78, 5) is 10.4. The zero-order chi connectivity index (χ0) is 17.7. The van der Waals surface area contributed by atoms with Crippen molar-refractivity contribution >= 4 is 5.97 Å². The van der Waals surface area contributed by atoms with Gasteiger partial charge in [-0.2, -0.15) is 0 Å². The van der Waals surface area contributed by atoms with Gasteiger partial charge in [0, 0.05) is 6.42 Å². The molecule has 2 nitrogen and oxygen atoms in total. The van der Waals surface area contributed by atoms with E-state index in [4.69, 9.17) is 5.11 Å². The molecule has 146 valence electrons. The van der Waals surface area contributed by atoms with Gasteiger partial charge in [0.1, 0.15) is 0 Å². The first-order valence-electron chi connectivity index (χ1n) is 11.0. The first kappa shape index (κ1) is 27.3. The van der Waals surface area contributed by atoms with Gasteiger partial charge in [0.2, 0.25) is 0 Å². The molecule has 0 aliphatic heterocycles. The monoisotopic (exact) mass is 348 g/mol. The molecule has 0 aromatic rings. The van der Waals surface area contributed by atoms with Gasteiger partial charge in [-0.3, -0.25) is 4.79 Å². The third kappa shape index (κ3) is 26.4. The Morgan fingerprint density at radius 3 is 1.04 bits per heavy atom. The molecule has 0 saturated heterocycles. The van der Waals surface area contributed by atoms with Gasteiger partial charge >= 0.3 is 24.8 Å². The Hall–Kier alpha value is 0.0674. The van der Waals surface area contributed by atoms with Gasteiger partial charge in [-0.05, 0) is 6.42 Å². The predicted molar refractivity (Wildman–Crippen MR) is 107 cm³/mol. The second-order valence-electron chi connectivity index (χ2n) is 7.51. The van der Waals surface area contributed by atoms with E-state index in [1.165, 1.54) is 109 Å². The molecule has 0 saturated carbocycles. The molecule has 0 aromatic carbocycles. The van der Waals surface area contributed by atoms with Crippen LogP contribution in [0, 0.1) is 0 Å². The van der Waals surface area contributed by atoms with Crippen LogP contribution in [0.25, 0.3) is 0 Å². The summed E-state index contributed by atoms with van der Waals surface area (Å²) in [5.41, 5.74) is 0. The fourth-order valence-electron chi connectivity index (χ4n) is 3.35. The predicted octanol–water partition coefficient (Wildman–Crippen LogP) is 5.01. The van der Waals surface area contributed by atoms with Crippen LogP contribution >= 0.6 is 0 Å². The summed E-state index contributed by atoms with van der Waals surface area (Å²) in [6.07, 6.45) is 26.1. The van der Waals surface area contributed by atoms with Crippen LogP contribution in [-0.4, -0.2) is 11.1 Å². The molecule has 0 bridgehead atoms. The number of aliphatic carboxylic acids is 1. The van der Waals surface area contributed by atoms with E-state index in [1.807, 2.05) is 0 Å². The molecule has 1 N–H and O–H groups in total. The summed E-state index contributed by atoms with van der Waals surface area (Å²) in [5.74, 6) is -0.651. The third-order valence-corrected chi connectivity index (χ3v) is 4.99. The zero-order valence-electron chi connectivity index (χ0n) is 18.5. The first-order valence-corrected chi connectivity index (χ1v) is 11.0. The number of unbranched alkanes of at least 4 members (excludes halogenated alkanes) is 18. The van der Waals surface area contributed by atoms with Crippen molar-refractivity contribution in [2.75, 3.05) is 0 Å². The van der Waals surface area contributed by atoms with E-state index in [9.17, 15) is 4.79 Å². The maximum absolute atomic E-state index is 10.4. The molecule has 0 aromatic heterocycles. The topological polar surface area (TPSA) is 37.3 Å². The van der Waals surface area contributed by atoms with Crippen molar-refractivity contribution in [3.05, 3.63) is 0 Å². The van der Waals surface area contributed by atoms with Crippen molar-refractivity contribution < 1.29 is 30.2 Å². The van der Waals surface area contributed by atoms with Gasteiger partial charge in [0.15, 0.2) is 0 Å². The number of carboxylic acid groups (broad SMARTS) is 1. The first-order chi connectivity index (χ1) is 11.8. The van der Waals surface area contributed by atoms with E-state index in [0.29, 0.717) is 6.42 Å². The van der Waals surface area contributed by atoms with Gasteiger partial charge in [-0.25, -0.2) is 0 Å². The molecule has 0 heterocycles. The second kappa shape index (κ2) is 24.1. The van der Waals surface area contributed by atoms with Crippen molar-refractivity contribution in [3.8, 4) is 0 Å². The number of hydrogen-bond donors (Lipinski definition) is 1. The Labute approximate surface area is 171 Å². The number of carbonyl (C=O) groups is 1. The molecule has 0 aliphatic carbocycles. The van der Waals surface area contributed by atoms with Crippen molar-refractivity contribution in [3.63, 3.8) is 0 Å².